The van der Waals surface area contributed by atoms with Gasteiger partial charge in [-0.2, -0.15) is 0 Å². The van der Waals surface area contributed by atoms with Crippen molar-refractivity contribution in [3.05, 3.63) is 0 Å². The molecule has 14 heavy (non-hydrogen) atoms. The quantitative estimate of drug-likeness (QED) is 0.692. The standard InChI is InChI=1S/C12H21NO/c1-4-9-13-11(5-2)12(3)8-6-7-10-14-12/h2,11,13H,4,6-10H2,1,3H3. The van der Waals surface area contributed by atoms with Gasteiger partial charge in [0.15, 0.2) is 0 Å². The lowest BCUT2D eigenvalue weighted by Gasteiger charge is -2.38. The first kappa shape index (κ1) is 11.6. The lowest BCUT2D eigenvalue weighted by Crippen LogP contribution is -2.51. The van der Waals surface area contributed by atoms with Crippen molar-refractivity contribution in [3.8, 4) is 12.3 Å². The Labute approximate surface area is 87.4 Å². The van der Waals surface area contributed by atoms with E-state index in [1.807, 2.05) is 0 Å². The van der Waals surface area contributed by atoms with Crippen molar-refractivity contribution in [2.24, 2.45) is 0 Å². The molecule has 1 aliphatic rings. The lowest BCUT2D eigenvalue weighted by atomic mass is 9.88. The van der Waals surface area contributed by atoms with Gasteiger partial charge in [-0.15, -0.1) is 6.42 Å². The Morgan fingerprint density at radius 2 is 2.36 bits per heavy atom. The Hall–Kier alpha value is -0.520. The van der Waals surface area contributed by atoms with E-state index in [0.717, 1.165) is 26.0 Å². The molecule has 2 nitrogen and oxygen atoms in total. The first-order valence-electron chi connectivity index (χ1n) is 5.56. The number of hydrogen-bond donors (Lipinski definition) is 1. The predicted octanol–water partition coefficient (Wildman–Crippen LogP) is 1.95. The third kappa shape index (κ3) is 2.73. The molecule has 0 spiro atoms. The summed E-state index contributed by atoms with van der Waals surface area (Å²) >= 11 is 0. The van der Waals surface area contributed by atoms with Crippen LogP contribution in [0.25, 0.3) is 0 Å². The first-order chi connectivity index (χ1) is 6.73. The second-order valence-corrected chi connectivity index (χ2v) is 4.17. The summed E-state index contributed by atoms with van der Waals surface area (Å²) in [6.07, 6.45) is 10.1. The highest BCUT2D eigenvalue weighted by Gasteiger charge is 2.35. The normalized spacial score (nSPS) is 29.5. The molecular weight excluding hydrogens is 174 g/mol. The van der Waals surface area contributed by atoms with Gasteiger partial charge < -0.3 is 10.1 Å². The number of rotatable bonds is 4. The highest BCUT2D eigenvalue weighted by molar-refractivity contribution is 5.09. The Morgan fingerprint density at radius 1 is 1.57 bits per heavy atom. The minimum absolute atomic E-state index is 0.0581. The summed E-state index contributed by atoms with van der Waals surface area (Å²) in [5.74, 6) is 2.81. The lowest BCUT2D eigenvalue weighted by molar-refractivity contribution is -0.0768. The molecule has 0 aromatic heterocycles. The van der Waals surface area contributed by atoms with E-state index in [1.54, 1.807) is 0 Å². The van der Waals surface area contributed by atoms with Crippen LogP contribution in [0.5, 0.6) is 0 Å². The monoisotopic (exact) mass is 195 g/mol. The van der Waals surface area contributed by atoms with Gasteiger partial charge in [-0.1, -0.05) is 12.8 Å². The first-order valence-corrected chi connectivity index (χ1v) is 5.56. The van der Waals surface area contributed by atoms with Crippen LogP contribution in [0, 0.1) is 12.3 Å². The van der Waals surface area contributed by atoms with Crippen molar-refractivity contribution in [2.75, 3.05) is 13.2 Å². The van der Waals surface area contributed by atoms with E-state index in [4.69, 9.17) is 11.2 Å². The largest absolute Gasteiger partial charge is 0.373 e. The summed E-state index contributed by atoms with van der Waals surface area (Å²) < 4.78 is 5.81. The van der Waals surface area contributed by atoms with Crippen molar-refractivity contribution in [3.63, 3.8) is 0 Å². The van der Waals surface area contributed by atoms with Crippen LogP contribution >= 0.6 is 0 Å². The zero-order valence-corrected chi connectivity index (χ0v) is 9.31. The van der Waals surface area contributed by atoms with E-state index in [1.165, 1.54) is 12.8 Å². The van der Waals surface area contributed by atoms with Crippen LogP contribution in [0.15, 0.2) is 0 Å². The van der Waals surface area contributed by atoms with E-state index in [0.29, 0.717) is 0 Å². The Kier molecular flexibility index (Phi) is 4.44. The molecule has 0 aromatic rings. The van der Waals surface area contributed by atoms with E-state index >= 15 is 0 Å². The minimum Gasteiger partial charge on any atom is -0.373 e. The van der Waals surface area contributed by atoms with Crippen molar-refractivity contribution < 1.29 is 4.74 Å². The third-order valence-electron chi connectivity index (χ3n) is 2.88. The van der Waals surface area contributed by atoms with E-state index < -0.39 is 0 Å². The number of nitrogens with one attached hydrogen (secondary N) is 1. The summed E-state index contributed by atoms with van der Waals surface area (Å²) in [5, 5.41) is 3.37. The molecular formula is C12H21NO. The maximum Gasteiger partial charge on any atom is 0.0978 e. The average Bonchev–Trinajstić information content (AvgIpc) is 2.20. The molecule has 1 rings (SSSR count). The maximum atomic E-state index is 5.81. The van der Waals surface area contributed by atoms with Gasteiger partial charge in [0.05, 0.1) is 11.6 Å². The van der Waals surface area contributed by atoms with Crippen LogP contribution in [-0.2, 0) is 4.74 Å². The summed E-state index contributed by atoms with van der Waals surface area (Å²) in [4.78, 5) is 0. The molecule has 0 saturated carbocycles. The van der Waals surface area contributed by atoms with Crippen LogP contribution in [0.3, 0.4) is 0 Å². The molecule has 1 fully saturated rings. The molecule has 2 atom stereocenters. The number of terminal acetylenes is 1. The number of hydrogen-bond acceptors (Lipinski definition) is 2. The van der Waals surface area contributed by atoms with Crippen molar-refractivity contribution in [2.45, 2.75) is 51.2 Å². The fraction of sp³-hybridized carbons (Fsp3) is 0.833. The van der Waals surface area contributed by atoms with Crippen LogP contribution in [0.4, 0.5) is 0 Å². The summed E-state index contributed by atoms with van der Waals surface area (Å²) in [6, 6.07) is 0.0581. The second kappa shape index (κ2) is 5.38. The molecule has 0 bridgehead atoms. The highest BCUT2D eigenvalue weighted by atomic mass is 16.5. The Balaban J connectivity index is 2.52. The molecule has 2 unspecified atom stereocenters. The van der Waals surface area contributed by atoms with E-state index in [9.17, 15) is 0 Å². The van der Waals surface area contributed by atoms with Gasteiger partial charge >= 0.3 is 0 Å². The van der Waals surface area contributed by atoms with Gasteiger partial charge in [0.25, 0.3) is 0 Å². The smallest absolute Gasteiger partial charge is 0.0978 e. The van der Waals surface area contributed by atoms with Gasteiger partial charge in [0, 0.05) is 6.61 Å². The predicted molar refractivity (Wildman–Crippen MR) is 59.1 cm³/mol. The average molecular weight is 195 g/mol. The third-order valence-corrected chi connectivity index (χ3v) is 2.88. The fourth-order valence-corrected chi connectivity index (χ4v) is 1.92. The zero-order chi connectivity index (χ0) is 10.4. The highest BCUT2D eigenvalue weighted by Crippen LogP contribution is 2.27. The van der Waals surface area contributed by atoms with Crippen LogP contribution in [-0.4, -0.2) is 24.8 Å². The Bertz CT molecular complexity index is 201. The van der Waals surface area contributed by atoms with Gasteiger partial charge in [-0.05, 0) is 39.2 Å². The molecule has 0 amide bonds. The summed E-state index contributed by atoms with van der Waals surface area (Å²) in [7, 11) is 0. The van der Waals surface area contributed by atoms with Crippen molar-refractivity contribution in [1.29, 1.82) is 0 Å². The molecule has 1 heterocycles. The van der Waals surface area contributed by atoms with Gasteiger partial charge in [0.2, 0.25) is 0 Å². The molecule has 1 saturated heterocycles. The van der Waals surface area contributed by atoms with Gasteiger partial charge in [-0.3, -0.25) is 0 Å². The molecule has 0 aromatic carbocycles. The topological polar surface area (TPSA) is 21.3 Å². The molecule has 2 heteroatoms. The SMILES string of the molecule is C#CC(NCCC)C1(C)CCCCO1. The Morgan fingerprint density at radius 3 is 2.86 bits per heavy atom. The second-order valence-electron chi connectivity index (χ2n) is 4.17. The minimum atomic E-state index is -0.151. The fourth-order valence-electron chi connectivity index (χ4n) is 1.92. The van der Waals surface area contributed by atoms with E-state index in [2.05, 4.69) is 25.1 Å². The maximum absolute atomic E-state index is 5.81. The molecule has 1 aliphatic heterocycles. The zero-order valence-electron chi connectivity index (χ0n) is 9.31. The van der Waals surface area contributed by atoms with Crippen molar-refractivity contribution >= 4 is 0 Å². The summed E-state index contributed by atoms with van der Waals surface area (Å²) in [6.45, 7) is 6.08. The van der Waals surface area contributed by atoms with Crippen LogP contribution < -0.4 is 5.32 Å². The van der Waals surface area contributed by atoms with Crippen molar-refractivity contribution in [1.82, 2.24) is 5.32 Å². The summed E-state index contributed by atoms with van der Waals surface area (Å²) in [5.41, 5.74) is -0.151. The van der Waals surface area contributed by atoms with Crippen LogP contribution in [0.2, 0.25) is 0 Å². The van der Waals surface area contributed by atoms with Gasteiger partial charge in [0.1, 0.15) is 0 Å². The molecule has 0 radical (unpaired) electrons. The van der Waals surface area contributed by atoms with Gasteiger partial charge in [-0.25, -0.2) is 0 Å². The number of ether oxygens (including phenoxy) is 1. The molecule has 1 N–H and O–H groups in total. The molecule has 0 aliphatic carbocycles. The van der Waals surface area contributed by atoms with E-state index in [-0.39, 0.29) is 11.6 Å². The molecule has 80 valence electrons. The van der Waals surface area contributed by atoms with Crippen LogP contribution in [0.1, 0.15) is 39.5 Å².